The molecule has 7 nitrogen and oxygen atoms in total. The summed E-state index contributed by atoms with van der Waals surface area (Å²) < 4.78 is 16.7. The third-order valence-corrected chi connectivity index (χ3v) is 5.20. The predicted molar refractivity (Wildman–Crippen MR) is 118 cm³/mol. The van der Waals surface area contributed by atoms with E-state index in [9.17, 15) is 9.59 Å². The Labute approximate surface area is 183 Å². The van der Waals surface area contributed by atoms with Crippen LogP contribution in [-0.2, 0) is 11.3 Å². The molecule has 0 aliphatic carbocycles. The van der Waals surface area contributed by atoms with Gasteiger partial charge in [0.05, 0.1) is 13.7 Å². The van der Waals surface area contributed by atoms with Crippen LogP contribution in [0.25, 0.3) is 0 Å². The number of ether oxygens (including phenoxy) is 3. The van der Waals surface area contributed by atoms with Crippen LogP contribution < -0.4 is 19.5 Å². The maximum absolute atomic E-state index is 12.6. The summed E-state index contributed by atoms with van der Waals surface area (Å²) in [4.78, 5) is 26.9. The predicted octanol–water partition coefficient (Wildman–Crippen LogP) is 3.42. The zero-order valence-corrected chi connectivity index (χ0v) is 18.2. The number of hydrogen-bond donors (Lipinski definition) is 1. The summed E-state index contributed by atoms with van der Waals surface area (Å²) in [7, 11) is 1.60. The molecule has 0 aromatic heterocycles. The highest BCUT2D eigenvalue weighted by molar-refractivity contribution is 5.94. The second-order valence-corrected chi connectivity index (χ2v) is 7.32. The summed E-state index contributed by atoms with van der Waals surface area (Å²) >= 11 is 0. The summed E-state index contributed by atoms with van der Waals surface area (Å²) in [5.74, 6) is 1.36. The van der Waals surface area contributed by atoms with Crippen molar-refractivity contribution in [2.24, 2.45) is 0 Å². The molecular formula is C24H30N2O5. The Morgan fingerprint density at radius 2 is 1.74 bits per heavy atom. The normalized spacial score (nSPS) is 13.4. The van der Waals surface area contributed by atoms with E-state index in [2.05, 4.69) is 5.32 Å². The number of methoxy groups -OCH3 is 1. The topological polar surface area (TPSA) is 77.1 Å². The van der Waals surface area contributed by atoms with Gasteiger partial charge < -0.3 is 24.4 Å². The van der Waals surface area contributed by atoms with Crippen LogP contribution in [0.15, 0.2) is 42.5 Å². The standard InChI is InChI=1S/C24H30N2O5/c1-3-30-22-15-18(24(28)25-16-19-9-5-6-10-20(19)29-2)11-12-21(22)31-17-23(27)26-13-7-4-8-14-26/h5-6,9-12,15H,3-4,7-8,13-14,16-17H2,1-2H3,(H,25,28). The van der Waals surface area contributed by atoms with Crippen molar-refractivity contribution in [1.82, 2.24) is 10.2 Å². The van der Waals surface area contributed by atoms with E-state index < -0.39 is 0 Å². The van der Waals surface area contributed by atoms with Gasteiger partial charge in [0.2, 0.25) is 0 Å². The molecule has 31 heavy (non-hydrogen) atoms. The van der Waals surface area contributed by atoms with Crippen LogP contribution in [0.1, 0.15) is 42.1 Å². The van der Waals surface area contributed by atoms with E-state index in [0.29, 0.717) is 30.2 Å². The van der Waals surface area contributed by atoms with E-state index in [4.69, 9.17) is 14.2 Å². The van der Waals surface area contributed by atoms with Gasteiger partial charge in [-0.05, 0) is 50.5 Å². The third kappa shape index (κ3) is 6.13. The number of carbonyl (C=O) groups is 2. The van der Waals surface area contributed by atoms with Gasteiger partial charge in [0, 0.05) is 30.8 Å². The lowest BCUT2D eigenvalue weighted by Crippen LogP contribution is -2.38. The summed E-state index contributed by atoms with van der Waals surface area (Å²) in [5, 5.41) is 2.90. The highest BCUT2D eigenvalue weighted by Gasteiger charge is 2.18. The number of amides is 2. The molecule has 2 amide bonds. The fourth-order valence-electron chi connectivity index (χ4n) is 3.54. The quantitative estimate of drug-likeness (QED) is 0.665. The van der Waals surface area contributed by atoms with Crippen LogP contribution in [0.5, 0.6) is 17.2 Å². The van der Waals surface area contributed by atoms with Crippen molar-refractivity contribution < 1.29 is 23.8 Å². The minimum absolute atomic E-state index is 0.0271. The monoisotopic (exact) mass is 426 g/mol. The Hall–Kier alpha value is -3.22. The first-order chi connectivity index (χ1) is 15.1. The van der Waals surface area contributed by atoms with Gasteiger partial charge in [-0.2, -0.15) is 0 Å². The summed E-state index contributed by atoms with van der Waals surface area (Å²) in [6.07, 6.45) is 3.24. The molecule has 0 bridgehead atoms. The maximum Gasteiger partial charge on any atom is 0.260 e. The minimum atomic E-state index is -0.234. The van der Waals surface area contributed by atoms with Gasteiger partial charge in [0.15, 0.2) is 18.1 Å². The van der Waals surface area contributed by atoms with Crippen molar-refractivity contribution >= 4 is 11.8 Å². The van der Waals surface area contributed by atoms with Gasteiger partial charge in [-0.3, -0.25) is 9.59 Å². The number of piperidine rings is 1. The molecule has 0 unspecified atom stereocenters. The van der Waals surface area contributed by atoms with E-state index in [-0.39, 0.29) is 18.4 Å². The van der Waals surface area contributed by atoms with E-state index in [1.165, 1.54) is 6.42 Å². The van der Waals surface area contributed by atoms with Crippen LogP contribution >= 0.6 is 0 Å². The van der Waals surface area contributed by atoms with Crippen molar-refractivity contribution in [3.8, 4) is 17.2 Å². The number of nitrogens with zero attached hydrogens (tertiary/aromatic N) is 1. The van der Waals surface area contributed by atoms with Gasteiger partial charge in [0.1, 0.15) is 5.75 Å². The Kier molecular flexibility index (Phi) is 8.15. The SMILES string of the molecule is CCOc1cc(C(=O)NCc2ccccc2OC)ccc1OCC(=O)N1CCCCC1. The van der Waals surface area contributed by atoms with Gasteiger partial charge in [-0.1, -0.05) is 18.2 Å². The number of carbonyl (C=O) groups excluding carboxylic acids is 2. The summed E-state index contributed by atoms with van der Waals surface area (Å²) in [6, 6.07) is 12.5. The highest BCUT2D eigenvalue weighted by Crippen LogP contribution is 2.29. The van der Waals surface area contributed by atoms with Crippen LogP contribution in [0.2, 0.25) is 0 Å². The van der Waals surface area contributed by atoms with Crippen molar-refractivity contribution in [1.29, 1.82) is 0 Å². The molecule has 3 rings (SSSR count). The molecule has 1 N–H and O–H groups in total. The van der Waals surface area contributed by atoms with Crippen LogP contribution in [0.4, 0.5) is 0 Å². The van der Waals surface area contributed by atoms with Crippen LogP contribution in [0, 0.1) is 0 Å². The Balaban J connectivity index is 1.63. The average Bonchev–Trinajstić information content (AvgIpc) is 2.82. The molecule has 166 valence electrons. The molecule has 0 spiro atoms. The summed E-state index contributed by atoms with van der Waals surface area (Å²) in [5.41, 5.74) is 1.34. The van der Waals surface area contributed by atoms with E-state index >= 15 is 0 Å². The van der Waals surface area contributed by atoms with Gasteiger partial charge >= 0.3 is 0 Å². The minimum Gasteiger partial charge on any atom is -0.496 e. The zero-order valence-electron chi connectivity index (χ0n) is 18.2. The molecule has 1 fully saturated rings. The van der Waals surface area contributed by atoms with Crippen molar-refractivity contribution in [2.45, 2.75) is 32.7 Å². The molecule has 1 aliphatic rings. The average molecular weight is 427 g/mol. The molecule has 1 aliphatic heterocycles. The zero-order chi connectivity index (χ0) is 22.1. The van der Waals surface area contributed by atoms with Crippen molar-refractivity contribution in [3.05, 3.63) is 53.6 Å². The Bertz CT molecular complexity index is 893. The van der Waals surface area contributed by atoms with Crippen molar-refractivity contribution in [2.75, 3.05) is 33.4 Å². The van der Waals surface area contributed by atoms with E-state index in [1.807, 2.05) is 36.1 Å². The molecule has 0 saturated carbocycles. The molecule has 7 heteroatoms. The summed E-state index contributed by atoms with van der Waals surface area (Å²) in [6.45, 7) is 4.15. The smallest absolute Gasteiger partial charge is 0.260 e. The number of rotatable bonds is 9. The molecule has 1 heterocycles. The molecule has 0 radical (unpaired) electrons. The number of hydrogen-bond acceptors (Lipinski definition) is 5. The molecule has 2 aromatic rings. The largest absolute Gasteiger partial charge is 0.496 e. The fraction of sp³-hybridized carbons (Fsp3) is 0.417. The first kappa shape index (κ1) is 22.5. The van der Waals surface area contributed by atoms with Gasteiger partial charge in [-0.15, -0.1) is 0 Å². The number of benzene rings is 2. The van der Waals surface area contributed by atoms with E-state index in [1.54, 1.807) is 25.3 Å². The lowest BCUT2D eigenvalue weighted by atomic mass is 10.1. The number of para-hydroxylation sites is 1. The van der Waals surface area contributed by atoms with Crippen LogP contribution in [0.3, 0.4) is 0 Å². The Morgan fingerprint density at radius 3 is 2.48 bits per heavy atom. The van der Waals surface area contributed by atoms with Crippen LogP contribution in [-0.4, -0.2) is 50.1 Å². The lowest BCUT2D eigenvalue weighted by molar-refractivity contribution is -0.134. The van der Waals surface area contributed by atoms with E-state index in [0.717, 1.165) is 37.2 Å². The number of likely N-dealkylation sites (tertiary alicyclic amines) is 1. The van der Waals surface area contributed by atoms with Gasteiger partial charge in [0.25, 0.3) is 11.8 Å². The molecule has 1 saturated heterocycles. The lowest BCUT2D eigenvalue weighted by Gasteiger charge is -2.26. The fourth-order valence-corrected chi connectivity index (χ4v) is 3.54. The van der Waals surface area contributed by atoms with Crippen molar-refractivity contribution in [3.63, 3.8) is 0 Å². The number of nitrogens with one attached hydrogen (secondary N) is 1. The second-order valence-electron chi connectivity index (χ2n) is 7.32. The first-order valence-corrected chi connectivity index (χ1v) is 10.7. The second kappa shape index (κ2) is 11.2. The van der Waals surface area contributed by atoms with Gasteiger partial charge in [-0.25, -0.2) is 0 Å². The first-order valence-electron chi connectivity index (χ1n) is 10.7. The molecule has 2 aromatic carbocycles. The molecule has 0 atom stereocenters. The molecular weight excluding hydrogens is 396 g/mol. The Morgan fingerprint density at radius 1 is 0.968 bits per heavy atom. The highest BCUT2D eigenvalue weighted by atomic mass is 16.5. The third-order valence-electron chi connectivity index (χ3n) is 5.20. The maximum atomic E-state index is 12.6.